The average Bonchev–Trinajstić information content (AvgIpc) is 3.25. The van der Waals surface area contributed by atoms with Crippen molar-refractivity contribution >= 4 is 31.8 Å². The fourth-order valence-corrected chi connectivity index (χ4v) is 5.35. The number of H-pyrrole nitrogens is 1. The summed E-state index contributed by atoms with van der Waals surface area (Å²) in [6.07, 6.45) is 4.03. The summed E-state index contributed by atoms with van der Waals surface area (Å²) < 4.78 is 57.5. The molecule has 0 spiro atoms. The number of piperidine rings is 1. The summed E-state index contributed by atoms with van der Waals surface area (Å²) in [5.74, 6) is 0.980. The lowest BCUT2D eigenvalue weighted by Gasteiger charge is -2.30. The van der Waals surface area contributed by atoms with Crippen molar-refractivity contribution in [3.63, 3.8) is 0 Å². The molecular weight excluding hydrogens is 487 g/mol. The molecule has 2 aromatic heterocycles. The van der Waals surface area contributed by atoms with E-state index in [2.05, 4.69) is 15.0 Å². The van der Waals surface area contributed by atoms with Gasteiger partial charge in [0.1, 0.15) is 6.33 Å². The Kier molecular flexibility index (Phi) is 6.44. The van der Waals surface area contributed by atoms with Crippen molar-refractivity contribution in [3.05, 3.63) is 48.2 Å². The maximum atomic E-state index is 15.1. The third kappa shape index (κ3) is 4.80. The van der Waals surface area contributed by atoms with Gasteiger partial charge in [0, 0.05) is 35.8 Å². The summed E-state index contributed by atoms with van der Waals surface area (Å²) in [7, 11) is -1.64. The van der Waals surface area contributed by atoms with Crippen molar-refractivity contribution in [2.24, 2.45) is 5.92 Å². The highest BCUT2D eigenvalue weighted by molar-refractivity contribution is 7.88. The van der Waals surface area contributed by atoms with Gasteiger partial charge in [0.2, 0.25) is 15.9 Å². The Hall–Kier alpha value is -3.44. The van der Waals surface area contributed by atoms with Crippen molar-refractivity contribution in [3.8, 4) is 23.1 Å². The number of hydrogen-bond acceptors (Lipinski definition) is 7. The first-order valence-corrected chi connectivity index (χ1v) is 13.4. The SMILES string of the molecule is COc1cc2c(Oc3ccc4[nH]c(C)cc4c3F)ncnc2cc1OCC1CCN(S(C)(=O)=O)CC1. The zero-order valence-electron chi connectivity index (χ0n) is 20.2. The second-order valence-corrected chi connectivity index (χ2v) is 11.0. The first-order valence-electron chi connectivity index (χ1n) is 11.6. The van der Waals surface area contributed by atoms with Gasteiger partial charge in [-0.05, 0) is 49.9 Å². The molecule has 190 valence electrons. The van der Waals surface area contributed by atoms with Gasteiger partial charge in [-0.2, -0.15) is 0 Å². The minimum atomic E-state index is -3.17. The maximum Gasteiger partial charge on any atom is 0.230 e. The molecule has 0 radical (unpaired) electrons. The Bertz CT molecular complexity index is 1530. The van der Waals surface area contributed by atoms with Crippen LogP contribution in [-0.4, -0.2) is 60.7 Å². The number of hydrogen-bond donors (Lipinski definition) is 1. The number of methoxy groups -OCH3 is 1. The standard InChI is InChI=1S/C25H27FN4O5S/c1-15-10-17-19(29-15)4-5-21(24(17)26)35-25-18-11-22(33-2)23(12-20(18)27-14-28-25)34-13-16-6-8-30(9-7-16)36(3,31)32/h4-5,10-12,14,16,29H,6-9,13H2,1-3H3. The van der Waals surface area contributed by atoms with Gasteiger partial charge in [-0.3, -0.25) is 0 Å². The van der Waals surface area contributed by atoms with Gasteiger partial charge in [0.05, 0.1) is 30.9 Å². The monoisotopic (exact) mass is 514 g/mol. The van der Waals surface area contributed by atoms with Gasteiger partial charge in [0.25, 0.3) is 0 Å². The van der Waals surface area contributed by atoms with Crippen LogP contribution in [0.4, 0.5) is 4.39 Å². The Morgan fingerprint density at radius 2 is 1.86 bits per heavy atom. The number of benzene rings is 2. The molecule has 0 saturated carbocycles. The Balaban J connectivity index is 1.37. The van der Waals surface area contributed by atoms with Crippen molar-refractivity contribution in [2.75, 3.05) is 33.1 Å². The number of rotatable bonds is 7. The molecule has 5 rings (SSSR count). The van der Waals surface area contributed by atoms with Crippen molar-refractivity contribution in [2.45, 2.75) is 19.8 Å². The number of aromatic nitrogens is 3. The molecule has 1 aliphatic heterocycles. The third-order valence-corrected chi connectivity index (χ3v) is 7.75. The molecule has 1 aliphatic rings. The van der Waals surface area contributed by atoms with Crippen LogP contribution in [0.2, 0.25) is 0 Å². The van der Waals surface area contributed by atoms with Gasteiger partial charge >= 0.3 is 0 Å². The van der Waals surface area contributed by atoms with Crippen LogP contribution in [0.3, 0.4) is 0 Å². The van der Waals surface area contributed by atoms with E-state index in [0.717, 1.165) is 18.5 Å². The molecule has 4 aromatic rings. The largest absolute Gasteiger partial charge is 0.493 e. The molecule has 0 atom stereocenters. The number of aryl methyl sites for hydroxylation is 1. The molecule has 9 nitrogen and oxygen atoms in total. The lowest BCUT2D eigenvalue weighted by Crippen LogP contribution is -2.39. The van der Waals surface area contributed by atoms with Crippen LogP contribution in [0, 0.1) is 18.7 Å². The second kappa shape index (κ2) is 9.55. The predicted octanol–water partition coefficient (Wildman–Crippen LogP) is 4.41. The molecule has 1 fully saturated rings. The Morgan fingerprint density at radius 3 is 2.58 bits per heavy atom. The number of nitrogens with one attached hydrogen (secondary N) is 1. The first-order chi connectivity index (χ1) is 17.2. The Labute approximate surface area is 208 Å². The van der Waals surface area contributed by atoms with Crippen LogP contribution in [-0.2, 0) is 10.0 Å². The third-order valence-electron chi connectivity index (χ3n) is 6.44. The molecule has 1 N–H and O–H groups in total. The fraction of sp³-hybridized carbons (Fsp3) is 0.360. The topological polar surface area (TPSA) is 107 Å². The summed E-state index contributed by atoms with van der Waals surface area (Å²) in [4.78, 5) is 11.7. The molecule has 0 aliphatic carbocycles. The number of aromatic amines is 1. The maximum absolute atomic E-state index is 15.1. The molecule has 1 saturated heterocycles. The Morgan fingerprint density at radius 1 is 1.08 bits per heavy atom. The molecule has 11 heteroatoms. The van der Waals surface area contributed by atoms with E-state index in [1.54, 1.807) is 30.3 Å². The van der Waals surface area contributed by atoms with Gasteiger partial charge in [-0.25, -0.2) is 27.1 Å². The van der Waals surface area contributed by atoms with E-state index in [1.807, 2.05) is 6.92 Å². The molecule has 0 bridgehead atoms. The van der Waals surface area contributed by atoms with Crippen LogP contribution >= 0.6 is 0 Å². The van der Waals surface area contributed by atoms with E-state index in [1.165, 1.54) is 24.0 Å². The molecule has 0 unspecified atom stereocenters. The zero-order valence-corrected chi connectivity index (χ0v) is 21.1. The van der Waals surface area contributed by atoms with Crippen LogP contribution in [0.25, 0.3) is 21.8 Å². The molecule has 36 heavy (non-hydrogen) atoms. The van der Waals surface area contributed by atoms with E-state index < -0.39 is 15.8 Å². The lowest BCUT2D eigenvalue weighted by molar-refractivity contribution is 0.181. The highest BCUT2D eigenvalue weighted by atomic mass is 32.2. The molecule has 0 amide bonds. The highest BCUT2D eigenvalue weighted by Crippen LogP contribution is 2.38. The van der Waals surface area contributed by atoms with Gasteiger partial charge < -0.3 is 19.2 Å². The quantitative estimate of drug-likeness (QED) is 0.389. The highest BCUT2D eigenvalue weighted by Gasteiger charge is 2.25. The minimum Gasteiger partial charge on any atom is -0.493 e. The van der Waals surface area contributed by atoms with Crippen molar-refractivity contribution in [1.82, 2.24) is 19.3 Å². The summed E-state index contributed by atoms with van der Waals surface area (Å²) in [5, 5.41) is 0.993. The summed E-state index contributed by atoms with van der Waals surface area (Å²) in [6, 6.07) is 8.50. The smallest absolute Gasteiger partial charge is 0.230 e. The number of nitrogens with zero attached hydrogens (tertiary/aromatic N) is 3. The fourth-order valence-electron chi connectivity index (χ4n) is 4.48. The van der Waals surface area contributed by atoms with E-state index in [0.29, 0.717) is 53.0 Å². The van der Waals surface area contributed by atoms with E-state index in [-0.39, 0.29) is 17.5 Å². The minimum absolute atomic E-state index is 0.0567. The predicted molar refractivity (Wildman–Crippen MR) is 134 cm³/mol. The number of fused-ring (bicyclic) bond motifs is 2. The molecule has 3 heterocycles. The van der Waals surface area contributed by atoms with Crippen LogP contribution < -0.4 is 14.2 Å². The van der Waals surface area contributed by atoms with Crippen LogP contribution in [0.15, 0.2) is 36.7 Å². The van der Waals surface area contributed by atoms with Crippen molar-refractivity contribution in [1.29, 1.82) is 0 Å². The average molecular weight is 515 g/mol. The van der Waals surface area contributed by atoms with Gasteiger partial charge in [-0.1, -0.05) is 0 Å². The zero-order chi connectivity index (χ0) is 25.4. The van der Waals surface area contributed by atoms with Gasteiger partial charge in [-0.15, -0.1) is 0 Å². The van der Waals surface area contributed by atoms with Crippen LogP contribution in [0.1, 0.15) is 18.5 Å². The number of halogens is 1. The first kappa shape index (κ1) is 24.3. The molecular formula is C25H27FN4O5S. The van der Waals surface area contributed by atoms with Crippen molar-refractivity contribution < 1.29 is 27.0 Å². The lowest BCUT2D eigenvalue weighted by atomic mass is 9.99. The number of sulfonamides is 1. The number of ether oxygens (including phenoxy) is 3. The van der Waals surface area contributed by atoms with E-state index in [4.69, 9.17) is 14.2 Å². The summed E-state index contributed by atoms with van der Waals surface area (Å²) in [6.45, 7) is 3.26. The second-order valence-electron chi connectivity index (χ2n) is 9.01. The summed E-state index contributed by atoms with van der Waals surface area (Å²) >= 11 is 0. The van der Waals surface area contributed by atoms with Crippen LogP contribution in [0.5, 0.6) is 23.1 Å². The van der Waals surface area contributed by atoms with E-state index in [9.17, 15) is 8.42 Å². The normalized spacial score (nSPS) is 15.4. The molecule has 2 aromatic carbocycles. The van der Waals surface area contributed by atoms with Gasteiger partial charge in [0.15, 0.2) is 23.1 Å². The summed E-state index contributed by atoms with van der Waals surface area (Å²) in [5.41, 5.74) is 2.10. The van der Waals surface area contributed by atoms with E-state index >= 15 is 4.39 Å².